The first-order chi connectivity index (χ1) is 17.0. The average Bonchev–Trinajstić information content (AvgIpc) is 3.20. The number of carbonyl (C=O) groups excluding carboxylic acids is 1. The van der Waals surface area contributed by atoms with Crippen LogP contribution in [0.1, 0.15) is 24.2 Å². The number of fused-ring (bicyclic) bond motifs is 1. The molecule has 0 spiro atoms. The van der Waals surface area contributed by atoms with Gasteiger partial charge in [0.1, 0.15) is 5.82 Å². The van der Waals surface area contributed by atoms with Crippen LogP contribution in [-0.4, -0.2) is 77.9 Å². The summed E-state index contributed by atoms with van der Waals surface area (Å²) in [5.41, 5.74) is 4.81. The second-order valence-electron chi connectivity index (χ2n) is 9.46. The predicted molar refractivity (Wildman–Crippen MR) is 138 cm³/mol. The molecule has 0 bridgehead atoms. The van der Waals surface area contributed by atoms with E-state index in [1.807, 2.05) is 42.6 Å². The van der Waals surface area contributed by atoms with Gasteiger partial charge >= 0.3 is 0 Å². The molecule has 35 heavy (non-hydrogen) atoms. The van der Waals surface area contributed by atoms with Crippen LogP contribution in [0.2, 0.25) is 5.02 Å². The summed E-state index contributed by atoms with van der Waals surface area (Å²) in [5.74, 6) is 1.26. The van der Waals surface area contributed by atoms with Crippen LogP contribution < -0.4 is 10.2 Å². The van der Waals surface area contributed by atoms with E-state index in [0.29, 0.717) is 11.6 Å². The molecular weight excluding hydrogens is 464 g/mol. The number of benzene rings is 1. The highest BCUT2D eigenvalue weighted by atomic mass is 35.5. The van der Waals surface area contributed by atoms with Crippen molar-refractivity contribution < 1.29 is 9.53 Å². The molecule has 4 heterocycles. The summed E-state index contributed by atoms with van der Waals surface area (Å²) >= 11 is 6.10. The first-order valence-corrected chi connectivity index (χ1v) is 12.8. The van der Waals surface area contributed by atoms with E-state index in [1.54, 1.807) is 0 Å². The van der Waals surface area contributed by atoms with E-state index in [-0.39, 0.29) is 11.8 Å². The minimum atomic E-state index is 0.0540. The van der Waals surface area contributed by atoms with Crippen molar-refractivity contribution >= 4 is 29.0 Å². The highest BCUT2D eigenvalue weighted by Crippen LogP contribution is 2.32. The number of nitrogens with zero attached hydrogens (tertiary/aromatic N) is 5. The number of piperidine rings is 1. The van der Waals surface area contributed by atoms with E-state index in [9.17, 15) is 4.79 Å². The van der Waals surface area contributed by atoms with Gasteiger partial charge in [-0.1, -0.05) is 23.7 Å². The summed E-state index contributed by atoms with van der Waals surface area (Å²) in [6.07, 6.45) is 1.66. The summed E-state index contributed by atoms with van der Waals surface area (Å²) in [6, 6.07) is 9.91. The molecular formula is C26H33ClN6O2. The summed E-state index contributed by atoms with van der Waals surface area (Å²) in [5, 5.41) is 8.71. The van der Waals surface area contributed by atoms with Crippen molar-refractivity contribution in [2.24, 2.45) is 5.92 Å². The zero-order chi connectivity index (χ0) is 24.4. The van der Waals surface area contributed by atoms with Gasteiger partial charge in [-0.3, -0.25) is 9.69 Å². The molecule has 3 aromatic rings. The smallest absolute Gasteiger partial charge is 0.223 e. The minimum Gasteiger partial charge on any atom is -0.379 e. The van der Waals surface area contributed by atoms with Gasteiger partial charge in [0, 0.05) is 67.5 Å². The number of carbonyl (C=O) groups is 1. The SMILES string of the molecule is Cc1cc(N2CCC(C(=O)NCCN3CCOCC3)CC2)n2nc(C)c(-c3ccc(Cl)cc3)c2n1. The Kier molecular flexibility index (Phi) is 7.22. The van der Waals surface area contributed by atoms with Gasteiger partial charge in [-0.05, 0) is 44.4 Å². The number of aryl methyl sites for hydroxylation is 2. The summed E-state index contributed by atoms with van der Waals surface area (Å²) < 4.78 is 7.34. The maximum absolute atomic E-state index is 12.8. The highest BCUT2D eigenvalue weighted by molar-refractivity contribution is 6.30. The van der Waals surface area contributed by atoms with Crippen molar-refractivity contribution in [2.75, 3.05) is 57.4 Å². The van der Waals surface area contributed by atoms with Crippen molar-refractivity contribution in [3.05, 3.63) is 46.7 Å². The van der Waals surface area contributed by atoms with Crippen molar-refractivity contribution in [3.8, 4) is 11.1 Å². The van der Waals surface area contributed by atoms with Gasteiger partial charge in [0.05, 0.1) is 18.9 Å². The Morgan fingerprint density at radius 2 is 1.83 bits per heavy atom. The molecule has 0 radical (unpaired) electrons. The number of amides is 1. The van der Waals surface area contributed by atoms with Gasteiger partial charge in [0.25, 0.3) is 0 Å². The molecule has 2 aromatic heterocycles. The molecule has 0 unspecified atom stereocenters. The van der Waals surface area contributed by atoms with Crippen molar-refractivity contribution in [1.29, 1.82) is 0 Å². The fourth-order valence-corrected chi connectivity index (χ4v) is 5.21. The van der Waals surface area contributed by atoms with Gasteiger partial charge in [0.2, 0.25) is 5.91 Å². The van der Waals surface area contributed by atoms with Gasteiger partial charge in [0.15, 0.2) is 5.65 Å². The molecule has 2 saturated heterocycles. The Morgan fingerprint density at radius 3 is 2.54 bits per heavy atom. The first-order valence-electron chi connectivity index (χ1n) is 12.5. The largest absolute Gasteiger partial charge is 0.379 e. The summed E-state index contributed by atoms with van der Waals surface area (Å²) in [4.78, 5) is 22.3. The van der Waals surface area contributed by atoms with Gasteiger partial charge in [-0.15, -0.1) is 0 Å². The maximum atomic E-state index is 12.8. The molecule has 0 aliphatic carbocycles. The van der Waals surface area contributed by atoms with Crippen molar-refractivity contribution in [3.63, 3.8) is 0 Å². The third-order valence-corrected chi connectivity index (χ3v) is 7.28. The molecule has 2 aliphatic heterocycles. The zero-order valence-electron chi connectivity index (χ0n) is 20.5. The number of halogens is 1. The molecule has 1 N–H and O–H groups in total. The van der Waals surface area contributed by atoms with Crippen LogP contribution in [0.25, 0.3) is 16.8 Å². The number of anilines is 1. The molecule has 1 amide bonds. The monoisotopic (exact) mass is 496 g/mol. The van der Waals surface area contributed by atoms with Crippen LogP contribution in [0.4, 0.5) is 5.82 Å². The third kappa shape index (κ3) is 5.29. The van der Waals surface area contributed by atoms with E-state index in [2.05, 4.69) is 21.2 Å². The van der Waals surface area contributed by atoms with Gasteiger partial charge in [-0.2, -0.15) is 9.61 Å². The quantitative estimate of drug-likeness (QED) is 0.564. The van der Waals surface area contributed by atoms with E-state index in [0.717, 1.165) is 92.8 Å². The third-order valence-electron chi connectivity index (χ3n) is 7.03. The molecule has 0 atom stereocenters. The number of hydrogen-bond donors (Lipinski definition) is 1. The number of rotatable bonds is 6. The lowest BCUT2D eigenvalue weighted by molar-refractivity contribution is -0.125. The molecule has 8 nitrogen and oxygen atoms in total. The fourth-order valence-electron chi connectivity index (χ4n) is 5.08. The minimum absolute atomic E-state index is 0.0540. The van der Waals surface area contributed by atoms with E-state index in [4.69, 9.17) is 26.4 Å². The molecule has 5 rings (SSSR count). The van der Waals surface area contributed by atoms with Crippen LogP contribution >= 0.6 is 11.6 Å². The summed E-state index contributed by atoms with van der Waals surface area (Å²) in [7, 11) is 0. The molecule has 2 aliphatic rings. The lowest BCUT2D eigenvalue weighted by Crippen LogP contribution is -2.44. The Balaban J connectivity index is 1.26. The van der Waals surface area contributed by atoms with Crippen molar-refractivity contribution in [2.45, 2.75) is 26.7 Å². The maximum Gasteiger partial charge on any atom is 0.223 e. The number of ether oxygens (including phenoxy) is 1. The van der Waals surface area contributed by atoms with Crippen LogP contribution in [0.5, 0.6) is 0 Å². The molecule has 1 aromatic carbocycles. The Hall–Kier alpha value is -2.68. The number of nitrogens with one attached hydrogen (secondary N) is 1. The number of morpholine rings is 1. The van der Waals surface area contributed by atoms with Crippen LogP contribution in [0, 0.1) is 19.8 Å². The number of hydrogen-bond acceptors (Lipinski definition) is 6. The molecule has 0 saturated carbocycles. The van der Waals surface area contributed by atoms with Crippen LogP contribution in [0.15, 0.2) is 30.3 Å². The van der Waals surface area contributed by atoms with Crippen molar-refractivity contribution in [1.82, 2.24) is 24.8 Å². The van der Waals surface area contributed by atoms with E-state index in [1.165, 1.54) is 0 Å². The second-order valence-corrected chi connectivity index (χ2v) is 9.90. The van der Waals surface area contributed by atoms with Gasteiger partial charge < -0.3 is 15.0 Å². The summed E-state index contributed by atoms with van der Waals surface area (Å²) in [6.45, 7) is 10.7. The van der Waals surface area contributed by atoms with Crippen LogP contribution in [0.3, 0.4) is 0 Å². The zero-order valence-corrected chi connectivity index (χ0v) is 21.2. The number of aromatic nitrogens is 3. The Morgan fingerprint density at radius 1 is 1.11 bits per heavy atom. The predicted octanol–water partition coefficient (Wildman–Crippen LogP) is 3.33. The highest BCUT2D eigenvalue weighted by Gasteiger charge is 2.27. The second kappa shape index (κ2) is 10.5. The molecule has 9 heteroatoms. The Bertz CT molecular complexity index is 1180. The lowest BCUT2D eigenvalue weighted by Gasteiger charge is -2.33. The fraction of sp³-hybridized carbons (Fsp3) is 0.500. The molecule has 186 valence electrons. The van der Waals surface area contributed by atoms with E-state index >= 15 is 0 Å². The Labute approximate surface area is 211 Å². The molecule has 2 fully saturated rings. The average molecular weight is 497 g/mol. The first kappa shape index (κ1) is 24.0. The van der Waals surface area contributed by atoms with Crippen LogP contribution in [-0.2, 0) is 9.53 Å². The normalized spacial score (nSPS) is 17.7. The topological polar surface area (TPSA) is 75.0 Å². The standard InChI is InChI=1S/C26H33ClN6O2/c1-18-17-23(33-25(29-18)24(19(2)30-33)20-3-5-22(27)6-4-20)32-10-7-21(8-11-32)26(34)28-9-12-31-13-15-35-16-14-31/h3-6,17,21H,7-16H2,1-2H3,(H,28,34). The van der Waals surface area contributed by atoms with Gasteiger partial charge in [-0.25, -0.2) is 4.98 Å². The van der Waals surface area contributed by atoms with E-state index < -0.39 is 0 Å². The lowest BCUT2D eigenvalue weighted by atomic mass is 9.96.